The first-order valence-electron chi connectivity index (χ1n) is 8.53. The highest BCUT2D eigenvalue weighted by molar-refractivity contribution is 5.85. The molecular formula is C20H25ClF2N2. The second-order valence-electron chi connectivity index (χ2n) is 6.76. The Hall–Kier alpha value is -1.49. The Balaban J connectivity index is 0.00000225. The molecule has 1 saturated heterocycles. The van der Waals surface area contributed by atoms with Crippen LogP contribution in [0.15, 0.2) is 48.5 Å². The fraction of sp³-hybridized carbons (Fsp3) is 0.400. The second kappa shape index (κ2) is 8.75. The van der Waals surface area contributed by atoms with Gasteiger partial charge >= 0.3 is 0 Å². The van der Waals surface area contributed by atoms with Crippen LogP contribution in [0.5, 0.6) is 0 Å². The summed E-state index contributed by atoms with van der Waals surface area (Å²) in [6.07, 6.45) is 0. The molecule has 1 aliphatic rings. The fourth-order valence-electron chi connectivity index (χ4n) is 3.55. The molecule has 1 heterocycles. The Morgan fingerprint density at radius 3 is 1.84 bits per heavy atom. The summed E-state index contributed by atoms with van der Waals surface area (Å²) in [6.45, 7) is 7.19. The lowest BCUT2D eigenvalue weighted by Crippen LogP contribution is -2.54. The second-order valence-corrected chi connectivity index (χ2v) is 6.76. The highest BCUT2D eigenvalue weighted by Gasteiger charge is 2.32. The molecule has 1 N–H and O–H groups in total. The maximum absolute atomic E-state index is 13.4. The van der Waals surface area contributed by atoms with Crippen LogP contribution in [0.3, 0.4) is 0 Å². The molecule has 1 fully saturated rings. The number of hydrogen-bond acceptors (Lipinski definition) is 2. The average Bonchev–Trinajstić information content (AvgIpc) is 2.59. The van der Waals surface area contributed by atoms with Gasteiger partial charge in [0.15, 0.2) is 0 Å². The Kier molecular flexibility index (Phi) is 6.94. The van der Waals surface area contributed by atoms with E-state index in [1.54, 1.807) is 0 Å². The van der Waals surface area contributed by atoms with Crippen molar-refractivity contribution in [1.82, 2.24) is 10.2 Å². The molecule has 25 heavy (non-hydrogen) atoms. The lowest BCUT2D eigenvalue weighted by molar-refractivity contribution is 0.0932. The number of hydrogen-bond donors (Lipinski definition) is 1. The van der Waals surface area contributed by atoms with Gasteiger partial charge in [0, 0.05) is 25.7 Å². The van der Waals surface area contributed by atoms with E-state index in [0.717, 1.165) is 30.8 Å². The largest absolute Gasteiger partial charge is 0.314 e. The van der Waals surface area contributed by atoms with Gasteiger partial charge in [-0.25, -0.2) is 8.78 Å². The van der Waals surface area contributed by atoms with Gasteiger partial charge in [-0.05, 0) is 41.3 Å². The van der Waals surface area contributed by atoms with Crippen molar-refractivity contribution < 1.29 is 8.78 Å². The number of benzene rings is 2. The van der Waals surface area contributed by atoms with Crippen LogP contribution < -0.4 is 5.32 Å². The van der Waals surface area contributed by atoms with Crippen molar-refractivity contribution in [3.63, 3.8) is 0 Å². The van der Waals surface area contributed by atoms with Gasteiger partial charge < -0.3 is 5.32 Å². The predicted molar refractivity (Wildman–Crippen MR) is 100 cm³/mol. The van der Waals surface area contributed by atoms with Gasteiger partial charge in [0.2, 0.25) is 0 Å². The number of nitrogens with one attached hydrogen (secondary N) is 1. The Morgan fingerprint density at radius 1 is 0.920 bits per heavy atom. The zero-order valence-corrected chi connectivity index (χ0v) is 15.4. The Morgan fingerprint density at radius 2 is 1.40 bits per heavy atom. The first kappa shape index (κ1) is 19.8. The molecule has 0 bridgehead atoms. The van der Waals surface area contributed by atoms with Gasteiger partial charge in [-0.3, -0.25) is 4.90 Å². The summed E-state index contributed by atoms with van der Waals surface area (Å²) in [6, 6.07) is 13.7. The van der Waals surface area contributed by atoms with Crippen LogP contribution in [0.25, 0.3) is 0 Å². The van der Waals surface area contributed by atoms with Gasteiger partial charge in [0.25, 0.3) is 0 Å². The average molecular weight is 367 g/mol. The van der Waals surface area contributed by atoms with Crippen molar-refractivity contribution in [3.05, 3.63) is 71.3 Å². The summed E-state index contributed by atoms with van der Waals surface area (Å²) < 4.78 is 26.8. The van der Waals surface area contributed by atoms with E-state index in [1.165, 1.54) is 24.3 Å². The topological polar surface area (TPSA) is 15.3 Å². The van der Waals surface area contributed by atoms with Crippen LogP contribution in [0.1, 0.15) is 31.0 Å². The third-order valence-corrected chi connectivity index (χ3v) is 4.80. The number of halogens is 3. The highest BCUT2D eigenvalue weighted by atomic mass is 35.5. The molecule has 1 atom stereocenters. The zero-order valence-electron chi connectivity index (χ0n) is 14.6. The summed E-state index contributed by atoms with van der Waals surface area (Å²) in [5, 5.41) is 3.46. The summed E-state index contributed by atoms with van der Waals surface area (Å²) in [4.78, 5) is 2.46. The molecule has 0 spiro atoms. The molecule has 3 rings (SSSR count). The van der Waals surface area contributed by atoms with E-state index < -0.39 is 0 Å². The van der Waals surface area contributed by atoms with Crippen LogP contribution in [-0.2, 0) is 0 Å². The molecule has 136 valence electrons. The van der Waals surface area contributed by atoms with Crippen LogP contribution in [0, 0.1) is 17.6 Å². The maximum atomic E-state index is 13.4. The first-order valence-corrected chi connectivity index (χ1v) is 8.53. The van der Waals surface area contributed by atoms with E-state index in [9.17, 15) is 8.78 Å². The molecule has 0 saturated carbocycles. The Labute approximate surface area is 154 Å². The predicted octanol–water partition coefficient (Wildman–Crippen LogP) is 4.41. The molecule has 0 aliphatic carbocycles. The summed E-state index contributed by atoms with van der Waals surface area (Å²) >= 11 is 0. The summed E-state index contributed by atoms with van der Waals surface area (Å²) in [5.41, 5.74) is 2.08. The van der Waals surface area contributed by atoms with Crippen LogP contribution in [0.2, 0.25) is 0 Å². The summed E-state index contributed by atoms with van der Waals surface area (Å²) in [5.74, 6) is 0.0100. The van der Waals surface area contributed by atoms with Crippen LogP contribution in [0.4, 0.5) is 8.78 Å². The lowest BCUT2D eigenvalue weighted by Gasteiger charge is -2.44. The molecular weight excluding hydrogens is 342 g/mol. The minimum absolute atomic E-state index is 0. The molecule has 2 aromatic carbocycles. The SMILES string of the molecule is CC(C)[C@H]1CNCCN1C(c1ccc(F)cc1)c1ccc(F)cc1.Cl. The number of piperazine rings is 1. The molecule has 0 aromatic heterocycles. The van der Waals surface area contributed by atoms with Crippen molar-refractivity contribution in [2.45, 2.75) is 25.9 Å². The van der Waals surface area contributed by atoms with Crippen molar-refractivity contribution in [2.24, 2.45) is 5.92 Å². The number of rotatable bonds is 4. The Bertz CT molecular complexity index is 613. The first-order chi connectivity index (χ1) is 11.6. The van der Waals surface area contributed by atoms with E-state index in [2.05, 4.69) is 24.1 Å². The zero-order chi connectivity index (χ0) is 17.1. The molecule has 5 heteroatoms. The maximum Gasteiger partial charge on any atom is 0.123 e. The highest BCUT2D eigenvalue weighted by Crippen LogP contribution is 2.33. The van der Waals surface area contributed by atoms with Crippen LogP contribution >= 0.6 is 12.4 Å². The van der Waals surface area contributed by atoms with Gasteiger partial charge in [0.05, 0.1) is 6.04 Å². The van der Waals surface area contributed by atoms with E-state index in [0.29, 0.717) is 12.0 Å². The van der Waals surface area contributed by atoms with Gasteiger partial charge in [0.1, 0.15) is 11.6 Å². The van der Waals surface area contributed by atoms with Crippen molar-refractivity contribution in [1.29, 1.82) is 0 Å². The van der Waals surface area contributed by atoms with Crippen molar-refractivity contribution in [3.8, 4) is 0 Å². The molecule has 1 aliphatic heterocycles. The molecule has 2 aromatic rings. The minimum atomic E-state index is -0.239. The standard InChI is InChI=1S/C20H24F2N2.ClH/c1-14(2)19-13-23-11-12-24(19)20(15-3-7-17(21)8-4-15)16-5-9-18(22)10-6-16;/h3-10,14,19-20,23H,11-13H2,1-2H3;1H/t19-;/m1./s1. The van der Waals surface area contributed by atoms with Crippen molar-refractivity contribution >= 4 is 12.4 Å². The lowest BCUT2D eigenvalue weighted by atomic mass is 9.91. The van der Waals surface area contributed by atoms with Crippen molar-refractivity contribution in [2.75, 3.05) is 19.6 Å². The molecule has 0 radical (unpaired) electrons. The van der Waals surface area contributed by atoms with Crippen LogP contribution in [-0.4, -0.2) is 30.6 Å². The van der Waals surface area contributed by atoms with E-state index in [1.807, 2.05) is 24.3 Å². The van der Waals surface area contributed by atoms with Gasteiger partial charge in [-0.15, -0.1) is 12.4 Å². The molecule has 0 unspecified atom stereocenters. The smallest absolute Gasteiger partial charge is 0.123 e. The van der Waals surface area contributed by atoms with Gasteiger partial charge in [-0.2, -0.15) is 0 Å². The van der Waals surface area contributed by atoms with E-state index in [4.69, 9.17) is 0 Å². The number of nitrogens with zero attached hydrogens (tertiary/aromatic N) is 1. The third-order valence-electron chi connectivity index (χ3n) is 4.80. The fourth-order valence-corrected chi connectivity index (χ4v) is 3.55. The molecule has 0 amide bonds. The normalized spacial score (nSPS) is 18.4. The van der Waals surface area contributed by atoms with E-state index >= 15 is 0 Å². The van der Waals surface area contributed by atoms with Gasteiger partial charge in [-0.1, -0.05) is 38.1 Å². The minimum Gasteiger partial charge on any atom is -0.314 e. The quantitative estimate of drug-likeness (QED) is 0.862. The summed E-state index contributed by atoms with van der Waals surface area (Å²) in [7, 11) is 0. The molecule has 2 nitrogen and oxygen atoms in total. The monoisotopic (exact) mass is 366 g/mol. The van der Waals surface area contributed by atoms with E-state index in [-0.39, 0.29) is 30.1 Å². The third kappa shape index (κ3) is 4.57.